The molecule has 1 heterocycles. The number of fused-ring (bicyclic) bond motifs is 1. The van der Waals surface area contributed by atoms with Crippen molar-refractivity contribution >= 4 is 29.9 Å². The van der Waals surface area contributed by atoms with Crippen LogP contribution in [0.25, 0.3) is 0 Å². The molecule has 0 amide bonds. The van der Waals surface area contributed by atoms with Crippen LogP contribution in [0.5, 0.6) is 11.5 Å². The van der Waals surface area contributed by atoms with Gasteiger partial charge in [-0.15, -0.1) is 0 Å². The summed E-state index contributed by atoms with van der Waals surface area (Å²) in [6, 6.07) is 24.0. The number of benzene rings is 3. The van der Waals surface area contributed by atoms with E-state index >= 15 is 0 Å². The first-order valence-electron chi connectivity index (χ1n) is 7.43. The first-order valence-corrected chi connectivity index (χ1v) is 8.54. The molecule has 0 bridgehead atoms. The molecule has 6 heteroatoms. The topological polar surface area (TPSA) is 55.8 Å². The van der Waals surface area contributed by atoms with E-state index in [1.807, 2.05) is 60.7 Å². The van der Waals surface area contributed by atoms with Crippen molar-refractivity contribution in [1.82, 2.24) is 0 Å². The second-order valence-corrected chi connectivity index (χ2v) is 6.38. The Kier molecular flexibility index (Phi) is 5.03. The van der Waals surface area contributed by atoms with Gasteiger partial charge < -0.3 is 14.0 Å². The summed E-state index contributed by atoms with van der Waals surface area (Å²) in [6.45, 7) is 0. The Balaban J connectivity index is 0.00000182. The van der Waals surface area contributed by atoms with Gasteiger partial charge in [-0.3, -0.25) is 0 Å². The molecule has 0 saturated heterocycles. The summed E-state index contributed by atoms with van der Waals surface area (Å²) in [7, 11) is 0. The fraction of sp³-hybridized carbons (Fsp3) is 0.0526. The van der Waals surface area contributed by atoms with Gasteiger partial charge in [0.2, 0.25) is 0 Å². The van der Waals surface area contributed by atoms with Crippen LogP contribution in [0.15, 0.2) is 83.8 Å². The van der Waals surface area contributed by atoms with E-state index in [2.05, 4.69) is 0 Å². The van der Waals surface area contributed by atoms with Gasteiger partial charge in [-0.2, -0.15) is 0 Å². The summed E-state index contributed by atoms with van der Waals surface area (Å²) in [6.07, 6.45) is 0. The molecule has 3 aromatic rings. The van der Waals surface area contributed by atoms with Gasteiger partial charge in [-0.25, -0.2) is 4.21 Å². The second kappa shape index (κ2) is 7.07. The van der Waals surface area contributed by atoms with Crippen molar-refractivity contribution in [2.75, 3.05) is 0 Å². The zero-order valence-corrected chi connectivity index (χ0v) is 13.4. The molecule has 0 spiro atoms. The molecular weight excluding hydrogens is 331 g/mol. The monoisotopic (exact) mass is 346 g/mol. The number of hydrogen-bond acceptors (Lipinski definition) is 3. The summed E-state index contributed by atoms with van der Waals surface area (Å²) < 4.78 is 33.0. The molecule has 4 rings (SSSR count). The van der Waals surface area contributed by atoms with Crippen LogP contribution in [-0.4, -0.2) is 27.6 Å². The summed E-state index contributed by atoms with van der Waals surface area (Å²) in [4.78, 5) is 0.272. The van der Waals surface area contributed by atoms with Gasteiger partial charge >= 0.3 is 24.6 Å². The van der Waals surface area contributed by atoms with Crippen LogP contribution in [0, 0.1) is 0 Å². The summed E-state index contributed by atoms with van der Waals surface area (Å²) in [5.74, 6) is -0.125. The van der Waals surface area contributed by atoms with Gasteiger partial charge in [-0.1, -0.05) is 60.7 Å². The summed E-state index contributed by atoms with van der Waals surface area (Å²) >= 11 is -2.07. The van der Waals surface area contributed by atoms with E-state index in [4.69, 9.17) is 9.47 Å². The molecule has 1 N–H and O–H groups in total. The van der Waals surface area contributed by atoms with Crippen molar-refractivity contribution in [3.8, 4) is 11.5 Å². The van der Waals surface area contributed by atoms with Crippen LogP contribution in [0.3, 0.4) is 0 Å². The SMILES string of the molecule is O=S(O)c1ccc2c(c1)OC(c1ccccc1)(c1ccccc1)O2.[LiH]. The van der Waals surface area contributed by atoms with Crippen molar-refractivity contribution in [2.45, 2.75) is 10.7 Å². The minimum absolute atomic E-state index is 0. The van der Waals surface area contributed by atoms with Gasteiger partial charge in [0.05, 0.1) is 4.90 Å². The fourth-order valence-electron chi connectivity index (χ4n) is 2.81. The molecule has 0 radical (unpaired) electrons. The van der Waals surface area contributed by atoms with E-state index in [9.17, 15) is 8.76 Å². The van der Waals surface area contributed by atoms with Crippen molar-refractivity contribution in [3.63, 3.8) is 0 Å². The van der Waals surface area contributed by atoms with Gasteiger partial charge in [-0.05, 0) is 12.1 Å². The van der Waals surface area contributed by atoms with E-state index < -0.39 is 16.9 Å². The summed E-state index contributed by atoms with van der Waals surface area (Å²) in [5, 5.41) is 0. The van der Waals surface area contributed by atoms with Gasteiger partial charge in [0.25, 0.3) is 0 Å². The van der Waals surface area contributed by atoms with Crippen LogP contribution < -0.4 is 9.47 Å². The maximum atomic E-state index is 11.3. The molecule has 122 valence electrons. The van der Waals surface area contributed by atoms with Crippen molar-refractivity contribution in [3.05, 3.63) is 90.0 Å². The van der Waals surface area contributed by atoms with Crippen LogP contribution in [0.2, 0.25) is 0 Å². The fourth-order valence-corrected chi connectivity index (χ4v) is 3.20. The van der Waals surface area contributed by atoms with Crippen molar-refractivity contribution < 1.29 is 18.2 Å². The molecule has 4 nitrogen and oxygen atoms in total. The normalized spacial score (nSPS) is 15.2. The average molecular weight is 346 g/mol. The van der Waals surface area contributed by atoms with Crippen molar-refractivity contribution in [1.29, 1.82) is 0 Å². The maximum absolute atomic E-state index is 11.3. The van der Waals surface area contributed by atoms with Crippen LogP contribution in [0.1, 0.15) is 11.1 Å². The van der Waals surface area contributed by atoms with E-state index in [-0.39, 0.29) is 23.8 Å². The van der Waals surface area contributed by atoms with E-state index in [1.54, 1.807) is 18.2 Å². The average Bonchev–Trinajstić information content (AvgIpc) is 3.03. The molecule has 25 heavy (non-hydrogen) atoms. The zero-order valence-electron chi connectivity index (χ0n) is 12.6. The predicted molar refractivity (Wildman–Crippen MR) is 97.5 cm³/mol. The first-order chi connectivity index (χ1) is 11.7. The Morgan fingerprint density at radius 1 is 0.760 bits per heavy atom. The molecule has 1 unspecified atom stereocenters. The molecule has 1 aliphatic rings. The van der Waals surface area contributed by atoms with Gasteiger partial charge in [0, 0.05) is 17.2 Å². The van der Waals surface area contributed by atoms with Crippen LogP contribution in [0.4, 0.5) is 0 Å². The quantitative estimate of drug-likeness (QED) is 0.584. The van der Waals surface area contributed by atoms with Crippen LogP contribution in [-0.2, 0) is 16.9 Å². The predicted octanol–water partition coefficient (Wildman–Crippen LogP) is 3.29. The third-order valence-corrected chi connectivity index (χ3v) is 4.59. The standard InChI is InChI=1S/C19H14O4S.Li.H/c20-24(21)16-11-12-17-18(13-16)23-19(22-17,14-7-3-1-4-8-14)15-9-5-2-6-10-15;;/h1-13H,(H,20,21);;. The Hall–Kier alpha value is -2.03. The Bertz CT molecular complexity index is 860. The minimum atomic E-state index is -2.07. The molecular formula is C19H15LiO4S. The zero-order chi connectivity index (χ0) is 16.6. The Morgan fingerprint density at radius 3 is 1.80 bits per heavy atom. The van der Waals surface area contributed by atoms with E-state index in [0.29, 0.717) is 11.5 Å². The molecule has 1 atom stereocenters. The molecule has 3 aromatic carbocycles. The number of hydrogen-bond donors (Lipinski definition) is 1. The molecule has 0 saturated carbocycles. The van der Waals surface area contributed by atoms with Gasteiger partial charge in [0.15, 0.2) is 22.6 Å². The summed E-state index contributed by atoms with van der Waals surface area (Å²) in [5.41, 5.74) is 1.69. The molecule has 0 aliphatic carbocycles. The third-order valence-electron chi connectivity index (χ3n) is 3.93. The molecule has 1 aliphatic heterocycles. The third kappa shape index (κ3) is 3.12. The van der Waals surface area contributed by atoms with E-state index in [0.717, 1.165) is 11.1 Å². The van der Waals surface area contributed by atoms with Crippen molar-refractivity contribution in [2.24, 2.45) is 0 Å². The first kappa shape index (κ1) is 17.8. The molecule has 0 aromatic heterocycles. The van der Waals surface area contributed by atoms with E-state index in [1.165, 1.54) is 0 Å². The number of rotatable bonds is 3. The number of ether oxygens (including phenoxy) is 2. The second-order valence-electron chi connectivity index (χ2n) is 5.41. The van der Waals surface area contributed by atoms with Crippen LogP contribution >= 0.6 is 0 Å². The Morgan fingerprint density at radius 2 is 1.28 bits per heavy atom. The van der Waals surface area contributed by atoms with Gasteiger partial charge in [0.1, 0.15) is 0 Å². The molecule has 0 fully saturated rings. The Labute approximate surface area is 160 Å².